The SMILES string of the molecule is CN1CCN(c2ccc(C(=O)O)cc2NC(=O)c2ccccc2F)CC1. The van der Waals surface area contributed by atoms with E-state index in [-0.39, 0.29) is 11.1 Å². The molecule has 1 fully saturated rings. The second kappa shape index (κ2) is 7.53. The summed E-state index contributed by atoms with van der Waals surface area (Å²) in [5, 5.41) is 11.9. The number of likely N-dealkylation sites (N-methyl/N-ethyl adjacent to an activating group) is 1. The van der Waals surface area contributed by atoms with Gasteiger partial charge in [-0.05, 0) is 37.4 Å². The third kappa shape index (κ3) is 3.83. The molecule has 26 heavy (non-hydrogen) atoms. The predicted molar refractivity (Wildman–Crippen MR) is 97.5 cm³/mol. The molecule has 1 saturated heterocycles. The number of amides is 1. The molecule has 6 nitrogen and oxygen atoms in total. The molecule has 0 aliphatic carbocycles. The van der Waals surface area contributed by atoms with Gasteiger partial charge in [-0.25, -0.2) is 9.18 Å². The number of carbonyl (C=O) groups is 2. The number of nitrogens with one attached hydrogen (secondary N) is 1. The molecule has 0 spiro atoms. The van der Waals surface area contributed by atoms with Gasteiger partial charge in [0.1, 0.15) is 5.82 Å². The number of hydrogen-bond acceptors (Lipinski definition) is 4. The monoisotopic (exact) mass is 357 g/mol. The molecule has 136 valence electrons. The van der Waals surface area contributed by atoms with E-state index in [1.807, 2.05) is 7.05 Å². The van der Waals surface area contributed by atoms with E-state index in [1.165, 1.54) is 30.3 Å². The van der Waals surface area contributed by atoms with Crippen LogP contribution in [0.25, 0.3) is 0 Å². The topological polar surface area (TPSA) is 72.9 Å². The van der Waals surface area contributed by atoms with Crippen molar-refractivity contribution in [3.8, 4) is 0 Å². The molecular weight excluding hydrogens is 337 g/mol. The van der Waals surface area contributed by atoms with E-state index in [0.717, 1.165) is 31.9 Å². The first-order valence-corrected chi connectivity index (χ1v) is 8.32. The molecule has 0 aromatic heterocycles. The second-order valence-electron chi connectivity index (χ2n) is 6.26. The van der Waals surface area contributed by atoms with E-state index in [0.29, 0.717) is 5.69 Å². The number of hydrogen-bond donors (Lipinski definition) is 2. The van der Waals surface area contributed by atoms with E-state index in [2.05, 4.69) is 15.1 Å². The van der Waals surface area contributed by atoms with Gasteiger partial charge in [0.25, 0.3) is 5.91 Å². The molecule has 0 bridgehead atoms. The maximum atomic E-state index is 13.9. The molecule has 1 aliphatic heterocycles. The Morgan fingerprint density at radius 2 is 1.77 bits per heavy atom. The lowest BCUT2D eigenvalue weighted by molar-refractivity contribution is 0.0696. The van der Waals surface area contributed by atoms with Crippen LogP contribution in [0.15, 0.2) is 42.5 Å². The van der Waals surface area contributed by atoms with Crippen molar-refractivity contribution in [3.05, 3.63) is 59.4 Å². The number of aromatic carboxylic acids is 1. The van der Waals surface area contributed by atoms with Crippen molar-refractivity contribution in [2.45, 2.75) is 0 Å². The fourth-order valence-corrected chi connectivity index (χ4v) is 2.93. The number of carboxylic acid groups (broad SMARTS) is 1. The van der Waals surface area contributed by atoms with Crippen molar-refractivity contribution in [3.63, 3.8) is 0 Å². The van der Waals surface area contributed by atoms with Gasteiger partial charge in [0, 0.05) is 26.2 Å². The van der Waals surface area contributed by atoms with Crippen molar-refractivity contribution in [1.29, 1.82) is 0 Å². The van der Waals surface area contributed by atoms with Crippen LogP contribution in [0.1, 0.15) is 20.7 Å². The van der Waals surface area contributed by atoms with Gasteiger partial charge in [-0.1, -0.05) is 12.1 Å². The molecule has 7 heteroatoms. The smallest absolute Gasteiger partial charge is 0.335 e. The summed E-state index contributed by atoms with van der Waals surface area (Å²) >= 11 is 0. The third-order valence-corrected chi connectivity index (χ3v) is 4.45. The zero-order valence-electron chi connectivity index (χ0n) is 14.4. The van der Waals surface area contributed by atoms with Crippen molar-refractivity contribution < 1.29 is 19.1 Å². The first-order valence-electron chi connectivity index (χ1n) is 8.32. The summed E-state index contributed by atoms with van der Waals surface area (Å²) in [6.45, 7) is 3.24. The lowest BCUT2D eigenvalue weighted by atomic mass is 10.1. The Hall–Kier alpha value is -2.93. The normalized spacial score (nSPS) is 14.9. The van der Waals surface area contributed by atoms with Gasteiger partial charge in [0.2, 0.25) is 0 Å². The molecule has 0 unspecified atom stereocenters. The molecule has 1 amide bonds. The highest BCUT2D eigenvalue weighted by Gasteiger charge is 2.20. The molecule has 3 rings (SSSR count). The number of carboxylic acids is 1. The number of carbonyl (C=O) groups excluding carboxylic acids is 1. The Morgan fingerprint density at radius 1 is 1.08 bits per heavy atom. The van der Waals surface area contributed by atoms with Gasteiger partial charge >= 0.3 is 5.97 Å². The maximum absolute atomic E-state index is 13.9. The Morgan fingerprint density at radius 3 is 2.42 bits per heavy atom. The summed E-state index contributed by atoms with van der Waals surface area (Å²) in [6.07, 6.45) is 0. The molecule has 1 heterocycles. The van der Waals surface area contributed by atoms with Crippen LogP contribution in [0, 0.1) is 5.82 Å². The van der Waals surface area contributed by atoms with Crippen LogP contribution in [0.3, 0.4) is 0 Å². The molecule has 2 N–H and O–H groups in total. The fourth-order valence-electron chi connectivity index (χ4n) is 2.93. The number of rotatable bonds is 4. The van der Waals surface area contributed by atoms with Crippen LogP contribution >= 0.6 is 0 Å². The fraction of sp³-hybridized carbons (Fsp3) is 0.263. The Balaban J connectivity index is 1.92. The number of nitrogens with zero attached hydrogens (tertiary/aromatic N) is 2. The minimum Gasteiger partial charge on any atom is -0.478 e. The lowest BCUT2D eigenvalue weighted by Crippen LogP contribution is -2.44. The van der Waals surface area contributed by atoms with Gasteiger partial charge in [-0.15, -0.1) is 0 Å². The zero-order chi connectivity index (χ0) is 18.7. The standard InChI is InChI=1S/C19H20FN3O3/c1-22-8-10-23(11-9-22)17-7-6-13(19(25)26)12-16(17)21-18(24)14-4-2-3-5-15(14)20/h2-7,12H,8-11H2,1H3,(H,21,24)(H,25,26). The summed E-state index contributed by atoms with van der Waals surface area (Å²) in [7, 11) is 2.03. The Labute approximate surface area is 150 Å². The third-order valence-electron chi connectivity index (χ3n) is 4.45. The van der Waals surface area contributed by atoms with E-state index < -0.39 is 17.7 Å². The van der Waals surface area contributed by atoms with E-state index in [4.69, 9.17) is 0 Å². The molecule has 2 aromatic carbocycles. The molecule has 0 saturated carbocycles. The molecule has 2 aromatic rings. The number of benzene rings is 2. The number of halogens is 1. The number of piperazine rings is 1. The van der Waals surface area contributed by atoms with Crippen molar-refractivity contribution in [1.82, 2.24) is 4.90 Å². The molecule has 1 aliphatic rings. The van der Waals surface area contributed by atoms with E-state index >= 15 is 0 Å². The van der Waals surface area contributed by atoms with Gasteiger partial charge in [-0.3, -0.25) is 4.79 Å². The van der Waals surface area contributed by atoms with Crippen molar-refractivity contribution >= 4 is 23.3 Å². The van der Waals surface area contributed by atoms with Crippen LogP contribution in [-0.4, -0.2) is 55.1 Å². The summed E-state index contributed by atoms with van der Waals surface area (Å²) in [5.41, 5.74) is 1.07. The van der Waals surface area contributed by atoms with Gasteiger partial charge in [0.15, 0.2) is 0 Å². The minimum absolute atomic E-state index is 0.0618. The van der Waals surface area contributed by atoms with Crippen LogP contribution in [0.2, 0.25) is 0 Å². The van der Waals surface area contributed by atoms with E-state index in [1.54, 1.807) is 12.1 Å². The average Bonchev–Trinajstić information content (AvgIpc) is 2.62. The highest BCUT2D eigenvalue weighted by Crippen LogP contribution is 2.29. The highest BCUT2D eigenvalue weighted by atomic mass is 19.1. The van der Waals surface area contributed by atoms with Gasteiger partial charge in [0.05, 0.1) is 22.5 Å². The number of anilines is 2. The van der Waals surface area contributed by atoms with Crippen LogP contribution in [-0.2, 0) is 0 Å². The van der Waals surface area contributed by atoms with Crippen molar-refractivity contribution in [2.24, 2.45) is 0 Å². The molecule has 0 radical (unpaired) electrons. The second-order valence-corrected chi connectivity index (χ2v) is 6.26. The van der Waals surface area contributed by atoms with Gasteiger partial charge < -0.3 is 20.2 Å². The zero-order valence-corrected chi connectivity index (χ0v) is 14.4. The Bertz CT molecular complexity index is 833. The summed E-state index contributed by atoms with van der Waals surface area (Å²) in [4.78, 5) is 28.1. The first-order chi connectivity index (χ1) is 12.5. The quantitative estimate of drug-likeness (QED) is 0.880. The van der Waals surface area contributed by atoms with Crippen LogP contribution in [0.4, 0.5) is 15.8 Å². The summed E-state index contributed by atoms with van der Waals surface area (Å²) in [6, 6.07) is 10.3. The summed E-state index contributed by atoms with van der Waals surface area (Å²) in [5.74, 6) is -2.32. The van der Waals surface area contributed by atoms with E-state index in [9.17, 15) is 19.1 Å². The highest BCUT2D eigenvalue weighted by molar-refractivity contribution is 6.07. The minimum atomic E-state index is -1.09. The predicted octanol–water partition coefficient (Wildman–Crippen LogP) is 2.53. The average molecular weight is 357 g/mol. The molecule has 0 atom stereocenters. The molecular formula is C19H20FN3O3. The lowest BCUT2D eigenvalue weighted by Gasteiger charge is -2.35. The van der Waals surface area contributed by atoms with Crippen molar-refractivity contribution in [2.75, 3.05) is 43.4 Å². The Kier molecular flexibility index (Phi) is 5.18. The van der Waals surface area contributed by atoms with Crippen LogP contribution in [0.5, 0.6) is 0 Å². The first kappa shape index (κ1) is 17.9. The maximum Gasteiger partial charge on any atom is 0.335 e. The largest absolute Gasteiger partial charge is 0.478 e. The van der Waals surface area contributed by atoms with Gasteiger partial charge in [-0.2, -0.15) is 0 Å². The van der Waals surface area contributed by atoms with Crippen LogP contribution < -0.4 is 10.2 Å². The summed E-state index contributed by atoms with van der Waals surface area (Å²) < 4.78 is 13.9.